The Morgan fingerprint density at radius 1 is 1.08 bits per heavy atom. The molecule has 1 atom stereocenters. The van der Waals surface area contributed by atoms with E-state index in [1.165, 1.54) is 33.7 Å². The number of aryl methyl sites for hydroxylation is 1. The largest absolute Gasteiger partial charge is 0.365 e. The number of carbonyl (C=O) groups is 1. The molecule has 38 heavy (non-hydrogen) atoms. The van der Waals surface area contributed by atoms with Gasteiger partial charge < -0.3 is 19.6 Å². The standard InChI is InChI=1S/C31H40N6O/c1-6-30(38)35-13-15-36(16-14-35)31-26-11-12-37(28-18-22(2)17-24-9-7-8-10-25(24)28)21-27(26)32-29(33-31)19-23(3)20-34(4)5/h6-10,17-18,23H,1,11-16,19-21H2,2-5H3/t23-/m1/s1. The number of rotatable bonds is 7. The molecular formula is C31H40N6O. The van der Waals surface area contributed by atoms with Gasteiger partial charge in [0.25, 0.3) is 0 Å². The molecule has 2 aromatic carbocycles. The summed E-state index contributed by atoms with van der Waals surface area (Å²) < 4.78 is 0. The number of hydrogen-bond donors (Lipinski definition) is 0. The molecule has 2 aliphatic heterocycles. The molecule has 7 heteroatoms. The van der Waals surface area contributed by atoms with E-state index in [4.69, 9.17) is 9.97 Å². The minimum atomic E-state index is 0.00795. The SMILES string of the molecule is C=CC(=O)N1CCN(c2nc(C[C@@H](C)CN(C)C)nc3c2CCN(c2cc(C)cc4ccccc24)C3)CC1. The number of carbonyl (C=O) groups excluding carboxylic acids is 1. The zero-order valence-electron chi connectivity index (χ0n) is 23.3. The molecule has 0 unspecified atom stereocenters. The first-order valence-corrected chi connectivity index (χ1v) is 13.8. The predicted octanol–water partition coefficient (Wildman–Crippen LogP) is 4.08. The average Bonchev–Trinajstić information content (AvgIpc) is 2.91. The Labute approximate surface area is 226 Å². The van der Waals surface area contributed by atoms with Crippen molar-refractivity contribution in [2.45, 2.75) is 33.2 Å². The van der Waals surface area contributed by atoms with Gasteiger partial charge in [-0.2, -0.15) is 0 Å². The molecule has 5 rings (SSSR count). The Hall–Kier alpha value is -3.45. The number of fused-ring (bicyclic) bond motifs is 2. The van der Waals surface area contributed by atoms with Gasteiger partial charge in [-0.25, -0.2) is 9.97 Å². The summed E-state index contributed by atoms with van der Waals surface area (Å²) >= 11 is 0. The van der Waals surface area contributed by atoms with Crippen LogP contribution in [-0.2, 0) is 24.2 Å². The normalized spacial score (nSPS) is 16.6. The van der Waals surface area contributed by atoms with Gasteiger partial charge in [0, 0.05) is 62.3 Å². The van der Waals surface area contributed by atoms with Gasteiger partial charge in [-0.15, -0.1) is 0 Å². The second-order valence-electron chi connectivity index (χ2n) is 11.2. The fraction of sp³-hybridized carbons (Fsp3) is 0.452. The van der Waals surface area contributed by atoms with Crippen molar-refractivity contribution in [2.75, 3.05) is 63.2 Å². The second kappa shape index (κ2) is 11.1. The average molecular weight is 513 g/mol. The van der Waals surface area contributed by atoms with Crippen LogP contribution < -0.4 is 9.80 Å². The van der Waals surface area contributed by atoms with Crippen molar-refractivity contribution in [1.82, 2.24) is 19.8 Å². The minimum absolute atomic E-state index is 0.00795. The number of aromatic nitrogens is 2. The van der Waals surface area contributed by atoms with E-state index < -0.39 is 0 Å². The van der Waals surface area contributed by atoms with Gasteiger partial charge >= 0.3 is 0 Å². The number of nitrogens with zero attached hydrogens (tertiary/aromatic N) is 6. The Morgan fingerprint density at radius 3 is 2.58 bits per heavy atom. The molecule has 7 nitrogen and oxygen atoms in total. The summed E-state index contributed by atoms with van der Waals surface area (Å²) in [4.78, 5) is 31.4. The third-order valence-corrected chi connectivity index (χ3v) is 7.69. The summed E-state index contributed by atoms with van der Waals surface area (Å²) in [6.45, 7) is 13.8. The van der Waals surface area contributed by atoms with Gasteiger partial charge in [0.1, 0.15) is 11.6 Å². The van der Waals surface area contributed by atoms with Gasteiger partial charge in [-0.1, -0.05) is 43.8 Å². The highest BCUT2D eigenvalue weighted by molar-refractivity contribution is 5.95. The summed E-state index contributed by atoms with van der Waals surface area (Å²) in [5, 5.41) is 2.57. The lowest BCUT2D eigenvalue weighted by atomic mass is 9.99. The molecule has 1 fully saturated rings. The van der Waals surface area contributed by atoms with E-state index in [9.17, 15) is 4.79 Å². The van der Waals surface area contributed by atoms with Crippen LogP contribution in [0, 0.1) is 12.8 Å². The van der Waals surface area contributed by atoms with E-state index in [0.717, 1.165) is 62.9 Å². The highest BCUT2D eigenvalue weighted by Gasteiger charge is 2.29. The van der Waals surface area contributed by atoms with Crippen molar-refractivity contribution in [3.63, 3.8) is 0 Å². The van der Waals surface area contributed by atoms with Crippen molar-refractivity contribution in [3.8, 4) is 0 Å². The Balaban J connectivity index is 1.48. The van der Waals surface area contributed by atoms with Crippen LogP contribution in [0.1, 0.15) is 29.6 Å². The lowest BCUT2D eigenvalue weighted by molar-refractivity contribution is -0.126. The van der Waals surface area contributed by atoms with Gasteiger partial charge in [0.15, 0.2) is 0 Å². The predicted molar refractivity (Wildman–Crippen MR) is 156 cm³/mol. The number of anilines is 2. The van der Waals surface area contributed by atoms with Crippen LogP contribution in [0.25, 0.3) is 10.8 Å². The monoisotopic (exact) mass is 512 g/mol. The van der Waals surface area contributed by atoms with Gasteiger partial charge in [0.05, 0.1) is 12.2 Å². The van der Waals surface area contributed by atoms with Crippen molar-refractivity contribution >= 4 is 28.2 Å². The highest BCUT2D eigenvalue weighted by atomic mass is 16.2. The minimum Gasteiger partial charge on any atom is -0.365 e. The maximum Gasteiger partial charge on any atom is 0.246 e. The molecule has 3 heterocycles. The van der Waals surface area contributed by atoms with Crippen molar-refractivity contribution < 1.29 is 4.79 Å². The molecule has 0 spiro atoms. The maximum atomic E-state index is 12.1. The fourth-order valence-corrected chi connectivity index (χ4v) is 5.98. The summed E-state index contributed by atoms with van der Waals surface area (Å²) in [5.41, 5.74) is 4.97. The number of benzene rings is 2. The van der Waals surface area contributed by atoms with Gasteiger partial charge in [0.2, 0.25) is 5.91 Å². The fourth-order valence-electron chi connectivity index (χ4n) is 5.98. The summed E-state index contributed by atoms with van der Waals surface area (Å²) in [7, 11) is 4.23. The van der Waals surface area contributed by atoms with Crippen LogP contribution in [-0.4, -0.2) is 79.0 Å². The Kier molecular flexibility index (Phi) is 7.65. The number of hydrogen-bond acceptors (Lipinski definition) is 6. The molecule has 1 saturated heterocycles. The molecule has 2 aliphatic rings. The maximum absolute atomic E-state index is 12.1. The van der Waals surface area contributed by atoms with Crippen LogP contribution >= 0.6 is 0 Å². The molecule has 200 valence electrons. The molecule has 0 radical (unpaired) electrons. The molecule has 0 N–H and O–H groups in total. The van der Waals surface area contributed by atoms with Crippen LogP contribution in [0.3, 0.4) is 0 Å². The van der Waals surface area contributed by atoms with Crippen molar-refractivity contribution in [1.29, 1.82) is 0 Å². The van der Waals surface area contributed by atoms with E-state index in [2.05, 4.69) is 85.6 Å². The molecular weight excluding hydrogens is 472 g/mol. The Morgan fingerprint density at radius 2 is 1.84 bits per heavy atom. The smallest absolute Gasteiger partial charge is 0.246 e. The van der Waals surface area contributed by atoms with Crippen LogP contribution in [0.5, 0.6) is 0 Å². The van der Waals surface area contributed by atoms with E-state index >= 15 is 0 Å². The molecule has 0 bridgehead atoms. The first-order valence-electron chi connectivity index (χ1n) is 13.8. The van der Waals surface area contributed by atoms with Crippen LogP contribution in [0.4, 0.5) is 11.5 Å². The third kappa shape index (κ3) is 5.53. The topological polar surface area (TPSA) is 55.8 Å². The van der Waals surface area contributed by atoms with Gasteiger partial charge in [-0.05, 0) is 56.4 Å². The van der Waals surface area contributed by atoms with Crippen LogP contribution in [0.15, 0.2) is 49.1 Å². The molecule has 3 aromatic rings. The van der Waals surface area contributed by atoms with Crippen molar-refractivity contribution in [3.05, 3.63) is 71.7 Å². The number of amides is 1. The summed E-state index contributed by atoms with van der Waals surface area (Å²) in [5.74, 6) is 2.46. The molecule has 1 amide bonds. The highest BCUT2D eigenvalue weighted by Crippen LogP contribution is 2.34. The van der Waals surface area contributed by atoms with E-state index in [1.54, 1.807) is 0 Å². The lowest BCUT2D eigenvalue weighted by Gasteiger charge is -2.38. The van der Waals surface area contributed by atoms with Gasteiger partial charge in [-0.3, -0.25) is 4.79 Å². The molecule has 1 aromatic heterocycles. The summed E-state index contributed by atoms with van der Waals surface area (Å²) in [6.07, 6.45) is 3.17. The molecule has 0 aliphatic carbocycles. The zero-order valence-corrected chi connectivity index (χ0v) is 23.3. The number of piperazine rings is 1. The third-order valence-electron chi connectivity index (χ3n) is 7.69. The summed E-state index contributed by atoms with van der Waals surface area (Å²) in [6, 6.07) is 13.2. The lowest BCUT2D eigenvalue weighted by Crippen LogP contribution is -2.49. The van der Waals surface area contributed by atoms with Crippen molar-refractivity contribution in [2.24, 2.45) is 5.92 Å². The van der Waals surface area contributed by atoms with Crippen LogP contribution in [0.2, 0.25) is 0 Å². The second-order valence-corrected chi connectivity index (χ2v) is 11.2. The molecule has 0 saturated carbocycles. The first-order chi connectivity index (χ1) is 18.3. The Bertz CT molecular complexity index is 1330. The van der Waals surface area contributed by atoms with E-state index in [-0.39, 0.29) is 5.91 Å². The quantitative estimate of drug-likeness (QED) is 0.445. The van der Waals surface area contributed by atoms with E-state index in [0.29, 0.717) is 19.0 Å². The first kappa shape index (κ1) is 26.2. The van der Waals surface area contributed by atoms with E-state index in [1.807, 2.05) is 4.90 Å². The zero-order chi connectivity index (χ0) is 26.8.